The first-order chi connectivity index (χ1) is 14.4. The van der Waals surface area contributed by atoms with Gasteiger partial charge < -0.3 is 20.2 Å². The van der Waals surface area contributed by atoms with Gasteiger partial charge in [0.05, 0.1) is 0 Å². The fraction of sp³-hybridized carbons (Fsp3) is 0.318. The molecule has 1 aliphatic heterocycles. The normalized spacial score (nSPS) is 17.5. The van der Waals surface area contributed by atoms with Crippen LogP contribution in [0.15, 0.2) is 47.8 Å². The van der Waals surface area contributed by atoms with Crippen molar-refractivity contribution in [2.75, 3.05) is 37.4 Å². The molecular formula is C22H24Cl2N4OS. The standard InChI is InChI=1S/C22H24Cl2N4OS/c1-27(2)19-7-8-28(12-19)18-5-3-17(4-6-18)25-21(29)20-13-30-22(26-20)14-9-15(23)11-16(24)10-14/h3-6,9-11,13,19,21,25,29H,7-8,12H2,1-2H3. The van der Waals surface area contributed by atoms with Gasteiger partial charge in [0, 0.05) is 51.5 Å². The van der Waals surface area contributed by atoms with Gasteiger partial charge in [0.1, 0.15) is 10.7 Å². The van der Waals surface area contributed by atoms with Crippen LogP contribution in [0.1, 0.15) is 18.3 Å². The van der Waals surface area contributed by atoms with Gasteiger partial charge in [0.25, 0.3) is 0 Å². The summed E-state index contributed by atoms with van der Waals surface area (Å²) in [6.45, 7) is 2.10. The van der Waals surface area contributed by atoms with Gasteiger partial charge in [0.2, 0.25) is 0 Å². The van der Waals surface area contributed by atoms with Gasteiger partial charge in [0.15, 0.2) is 6.23 Å². The molecule has 1 saturated heterocycles. The number of anilines is 2. The predicted molar refractivity (Wildman–Crippen MR) is 127 cm³/mol. The molecule has 0 radical (unpaired) electrons. The van der Waals surface area contributed by atoms with E-state index in [1.54, 1.807) is 6.07 Å². The summed E-state index contributed by atoms with van der Waals surface area (Å²) in [5.74, 6) is 0. The third-order valence-electron chi connectivity index (χ3n) is 5.34. The highest BCUT2D eigenvalue weighted by molar-refractivity contribution is 7.13. The van der Waals surface area contributed by atoms with Crippen LogP contribution in [0.3, 0.4) is 0 Å². The molecule has 4 rings (SSSR count). The minimum absolute atomic E-state index is 0.558. The zero-order chi connectivity index (χ0) is 21.3. The van der Waals surface area contributed by atoms with Gasteiger partial charge in [-0.2, -0.15) is 0 Å². The summed E-state index contributed by atoms with van der Waals surface area (Å²) in [4.78, 5) is 9.22. The van der Waals surface area contributed by atoms with Crippen molar-refractivity contribution in [1.82, 2.24) is 9.88 Å². The topological polar surface area (TPSA) is 51.6 Å². The van der Waals surface area contributed by atoms with Crippen molar-refractivity contribution >= 4 is 45.9 Å². The van der Waals surface area contributed by atoms with E-state index in [0.29, 0.717) is 21.8 Å². The number of thiazole rings is 1. The van der Waals surface area contributed by atoms with Crippen molar-refractivity contribution in [2.45, 2.75) is 18.7 Å². The SMILES string of the molecule is CN(C)C1CCN(c2ccc(NC(O)c3csc(-c4cc(Cl)cc(Cl)c4)n3)cc2)C1. The van der Waals surface area contributed by atoms with Crippen molar-refractivity contribution in [3.8, 4) is 10.6 Å². The van der Waals surface area contributed by atoms with E-state index in [0.717, 1.165) is 29.3 Å². The molecule has 2 N–H and O–H groups in total. The second kappa shape index (κ2) is 9.12. The maximum atomic E-state index is 10.6. The number of aliphatic hydroxyl groups excluding tert-OH is 1. The van der Waals surface area contributed by atoms with Gasteiger partial charge >= 0.3 is 0 Å². The van der Waals surface area contributed by atoms with Crippen LogP contribution in [-0.4, -0.2) is 48.2 Å². The van der Waals surface area contributed by atoms with Crippen molar-refractivity contribution in [1.29, 1.82) is 0 Å². The Labute approximate surface area is 190 Å². The Morgan fingerprint density at radius 1 is 1.17 bits per heavy atom. The summed E-state index contributed by atoms with van der Waals surface area (Å²) in [6.07, 6.45) is 0.274. The molecular weight excluding hydrogens is 439 g/mol. The third-order valence-corrected chi connectivity index (χ3v) is 6.69. The smallest absolute Gasteiger partial charge is 0.168 e. The second-order valence-electron chi connectivity index (χ2n) is 7.68. The summed E-state index contributed by atoms with van der Waals surface area (Å²) in [5, 5.41) is 17.4. The molecule has 5 nitrogen and oxygen atoms in total. The van der Waals surface area contributed by atoms with Crippen LogP contribution in [0, 0.1) is 0 Å². The molecule has 1 aromatic heterocycles. The maximum Gasteiger partial charge on any atom is 0.168 e. The number of nitrogens with one attached hydrogen (secondary N) is 1. The Balaban J connectivity index is 1.41. The number of hydrogen-bond donors (Lipinski definition) is 2. The Morgan fingerprint density at radius 2 is 1.87 bits per heavy atom. The molecule has 3 aromatic rings. The Bertz CT molecular complexity index is 988. The zero-order valence-corrected chi connectivity index (χ0v) is 19.2. The molecule has 30 heavy (non-hydrogen) atoms. The van der Waals surface area contributed by atoms with E-state index in [2.05, 4.69) is 46.3 Å². The second-order valence-corrected chi connectivity index (χ2v) is 9.41. The molecule has 2 unspecified atom stereocenters. The van der Waals surface area contributed by atoms with E-state index in [4.69, 9.17) is 23.2 Å². The monoisotopic (exact) mass is 462 g/mol. The summed E-state index contributed by atoms with van der Waals surface area (Å²) >= 11 is 13.6. The highest BCUT2D eigenvalue weighted by atomic mass is 35.5. The molecule has 2 atom stereocenters. The van der Waals surface area contributed by atoms with Crippen molar-refractivity contribution in [3.63, 3.8) is 0 Å². The van der Waals surface area contributed by atoms with Gasteiger partial charge in [-0.25, -0.2) is 4.98 Å². The lowest BCUT2D eigenvalue weighted by Gasteiger charge is -2.22. The Hall–Kier alpha value is -1.83. The summed E-state index contributed by atoms with van der Waals surface area (Å²) in [5.41, 5.74) is 3.44. The quantitative estimate of drug-likeness (QED) is 0.482. The van der Waals surface area contributed by atoms with Crippen LogP contribution < -0.4 is 10.2 Å². The molecule has 8 heteroatoms. The number of likely N-dealkylation sites (N-methyl/N-ethyl adjacent to an activating group) is 1. The highest BCUT2D eigenvalue weighted by Gasteiger charge is 2.24. The first-order valence-corrected chi connectivity index (χ1v) is 11.4. The van der Waals surface area contributed by atoms with Gasteiger partial charge in [-0.1, -0.05) is 23.2 Å². The van der Waals surface area contributed by atoms with Crippen molar-refractivity contribution in [2.24, 2.45) is 0 Å². The molecule has 1 fully saturated rings. The molecule has 2 aromatic carbocycles. The van der Waals surface area contributed by atoms with E-state index >= 15 is 0 Å². The number of rotatable bonds is 6. The number of benzene rings is 2. The van der Waals surface area contributed by atoms with E-state index in [-0.39, 0.29) is 0 Å². The molecule has 0 bridgehead atoms. The van der Waals surface area contributed by atoms with E-state index in [9.17, 15) is 5.11 Å². The van der Waals surface area contributed by atoms with Crippen molar-refractivity contribution < 1.29 is 5.11 Å². The maximum absolute atomic E-state index is 10.6. The van der Waals surface area contributed by atoms with E-state index < -0.39 is 6.23 Å². The summed E-state index contributed by atoms with van der Waals surface area (Å²) < 4.78 is 0. The molecule has 0 amide bonds. The molecule has 0 aliphatic carbocycles. The third kappa shape index (κ3) is 4.90. The number of hydrogen-bond acceptors (Lipinski definition) is 6. The van der Waals surface area contributed by atoms with Gasteiger partial charge in [-0.3, -0.25) is 0 Å². The van der Waals surface area contributed by atoms with E-state index in [1.807, 2.05) is 29.6 Å². The minimum atomic E-state index is -0.902. The highest BCUT2D eigenvalue weighted by Crippen LogP contribution is 2.31. The van der Waals surface area contributed by atoms with Gasteiger partial charge in [-0.05, 0) is 63.0 Å². The average molecular weight is 463 g/mol. The van der Waals surface area contributed by atoms with Crippen LogP contribution in [0.4, 0.5) is 11.4 Å². The number of halogens is 2. The van der Waals surface area contributed by atoms with E-state index in [1.165, 1.54) is 23.4 Å². The molecule has 2 heterocycles. The van der Waals surface area contributed by atoms with Crippen LogP contribution in [0.25, 0.3) is 10.6 Å². The lowest BCUT2D eigenvalue weighted by Crippen LogP contribution is -2.31. The van der Waals surface area contributed by atoms with Crippen LogP contribution in [0.2, 0.25) is 10.0 Å². The summed E-state index contributed by atoms with van der Waals surface area (Å²) in [6, 6.07) is 14.1. The van der Waals surface area contributed by atoms with Crippen LogP contribution >= 0.6 is 34.5 Å². The lowest BCUT2D eigenvalue weighted by molar-refractivity contribution is 0.204. The van der Waals surface area contributed by atoms with Crippen molar-refractivity contribution in [3.05, 3.63) is 63.6 Å². The summed E-state index contributed by atoms with van der Waals surface area (Å²) in [7, 11) is 4.26. The number of aliphatic hydroxyl groups is 1. The molecule has 158 valence electrons. The minimum Gasteiger partial charge on any atom is -0.370 e. The Kier molecular flexibility index (Phi) is 6.51. The van der Waals surface area contributed by atoms with Gasteiger partial charge in [-0.15, -0.1) is 11.3 Å². The molecule has 0 saturated carbocycles. The number of nitrogens with zero attached hydrogens (tertiary/aromatic N) is 3. The first-order valence-electron chi connectivity index (χ1n) is 9.77. The first kappa shape index (κ1) is 21.4. The Morgan fingerprint density at radius 3 is 2.50 bits per heavy atom. The fourth-order valence-electron chi connectivity index (χ4n) is 3.62. The molecule has 0 spiro atoms. The fourth-order valence-corrected chi connectivity index (χ4v) is 4.97. The van der Waals surface area contributed by atoms with Crippen LogP contribution in [-0.2, 0) is 0 Å². The largest absolute Gasteiger partial charge is 0.370 e. The average Bonchev–Trinajstić information content (AvgIpc) is 3.38. The zero-order valence-electron chi connectivity index (χ0n) is 16.8. The predicted octanol–water partition coefficient (Wildman–Crippen LogP) is 5.36. The lowest BCUT2D eigenvalue weighted by atomic mass is 10.2. The molecule has 1 aliphatic rings. The van der Waals surface area contributed by atoms with Crippen LogP contribution in [0.5, 0.6) is 0 Å². The number of aromatic nitrogens is 1.